The summed E-state index contributed by atoms with van der Waals surface area (Å²) < 4.78 is 19.2. The molecule has 0 bridgehead atoms. The number of hydrogen-bond donors (Lipinski definition) is 2. The number of carbonyl (C=O) groups is 1. The van der Waals surface area contributed by atoms with Gasteiger partial charge in [0.15, 0.2) is 5.75 Å². The van der Waals surface area contributed by atoms with Gasteiger partial charge in [0.25, 0.3) is 0 Å². The zero-order valence-electron chi connectivity index (χ0n) is 11.2. The van der Waals surface area contributed by atoms with E-state index in [2.05, 4.69) is 0 Å². The summed E-state index contributed by atoms with van der Waals surface area (Å²) in [6.07, 6.45) is 0.720. The predicted octanol–water partition coefficient (Wildman–Crippen LogP) is 4.11. The summed E-state index contributed by atoms with van der Waals surface area (Å²) in [6.45, 7) is 1.95. The minimum Gasteiger partial charge on any atom is -0.478 e. The Hall–Kier alpha value is -2.27. The zero-order chi connectivity index (χ0) is 15.6. The van der Waals surface area contributed by atoms with E-state index >= 15 is 0 Å². The summed E-state index contributed by atoms with van der Waals surface area (Å²) in [5, 5.41) is 9.43. The van der Waals surface area contributed by atoms with Crippen molar-refractivity contribution in [2.45, 2.75) is 13.3 Å². The van der Waals surface area contributed by atoms with E-state index in [-0.39, 0.29) is 11.4 Å². The first-order valence-corrected chi connectivity index (χ1v) is 6.58. The number of aromatic carboxylic acids is 1. The highest BCUT2D eigenvalue weighted by Gasteiger charge is 2.15. The van der Waals surface area contributed by atoms with E-state index in [1.165, 1.54) is 0 Å². The molecule has 0 aliphatic rings. The van der Waals surface area contributed by atoms with Crippen molar-refractivity contribution in [1.29, 1.82) is 0 Å². The smallest absolute Gasteiger partial charge is 0.338 e. The topological polar surface area (TPSA) is 72.5 Å². The Bertz CT molecular complexity index is 704. The molecule has 0 fully saturated rings. The molecule has 0 atom stereocenters. The number of nitrogen functional groups attached to an aromatic ring is 1. The van der Waals surface area contributed by atoms with Crippen LogP contribution < -0.4 is 10.5 Å². The van der Waals surface area contributed by atoms with Gasteiger partial charge >= 0.3 is 5.97 Å². The predicted molar refractivity (Wildman–Crippen MR) is 78.7 cm³/mol. The molecule has 4 nitrogen and oxygen atoms in total. The van der Waals surface area contributed by atoms with Gasteiger partial charge in [-0.2, -0.15) is 0 Å². The van der Waals surface area contributed by atoms with E-state index < -0.39 is 17.3 Å². The van der Waals surface area contributed by atoms with Crippen LogP contribution in [0.3, 0.4) is 0 Å². The first kappa shape index (κ1) is 15.1. The van der Waals surface area contributed by atoms with Crippen molar-refractivity contribution in [3.05, 3.63) is 52.3 Å². The number of ether oxygens (including phenoxy) is 1. The molecule has 0 aliphatic heterocycles. The molecule has 21 heavy (non-hydrogen) atoms. The molecule has 0 amide bonds. The molecule has 3 N–H and O–H groups in total. The van der Waals surface area contributed by atoms with Gasteiger partial charge in [-0.1, -0.05) is 18.5 Å². The van der Waals surface area contributed by atoms with E-state index in [4.69, 9.17) is 27.2 Å². The number of hydrogen-bond acceptors (Lipinski definition) is 3. The van der Waals surface area contributed by atoms with Gasteiger partial charge in [-0.25, -0.2) is 9.18 Å². The number of aryl methyl sites for hydroxylation is 1. The SMILES string of the molecule is CCc1cc(Oc2cc(F)c(C(=O)O)cc2N)ccc1Cl. The van der Waals surface area contributed by atoms with E-state index in [9.17, 15) is 9.18 Å². The fourth-order valence-corrected chi connectivity index (χ4v) is 2.09. The maximum absolute atomic E-state index is 13.7. The highest BCUT2D eigenvalue weighted by Crippen LogP contribution is 2.32. The van der Waals surface area contributed by atoms with Gasteiger partial charge in [0, 0.05) is 11.1 Å². The first-order chi connectivity index (χ1) is 9.92. The molecule has 0 unspecified atom stereocenters. The van der Waals surface area contributed by atoms with E-state index in [0.717, 1.165) is 24.1 Å². The molecule has 0 radical (unpaired) electrons. The molecule has 6 heteroatoms. The Morgan fingerprint density at radius 1 is 1.38 bits per heavy atom. The molecular weight excluding hydrogens is 297 g/mol. The summed E-state index contributed by atoms with van der Waals surface area (Å²) in [6, 6.07) is 7.02. The summed E-state index contributed by atoms with van der Waals surface area (Å²) in [4.78, 5) is 10.8. The summed E-state index contributed by atoms with van der Waals surface area (Å²) >= 11 is 6.01. The number of carboxylic acid groups (broad SMARTS) is 1. The lowest BCUT2D eigenvalue weighted by Gasteiger charge is -2.11. The van der Waals surface area contributed by atoms with Crippen LogP contribution in [0.25, 0.3) is 0 Å². The zero-order valence-corrected chi connectivity index (χ0v) is 11.9. The molecule has 0 saturated carbocycles. The van der Waals surface area contributed by atoms with Crippen LogP contribution in [0.5, 0.6) is 11.5 Å². The largest absolute Gasteiger partial charge is 0.478 e. The molecule has 0 aromatic heterocycles. The van der Waals surface area contributed by atoms with Crippen LogP contribution >= 0.6 is 11.6 Å². The van der Waals surface area contributed by atoms with Crippen LogP contribution in [0.2, 0.25) is 5.02 Å². The van der Waals surface area contributed by atoms with Crippen molar-refractivity contribution in [2.75, 3.05) is 5.73 Å². The molecular formula is C15H13ClFNO3. The lowest BCUT2D eigenvalue weighted by atomic mass is 10.1. The summed E-state index contributed by atoms with van der Waals surface area (Å²) in [5.74, 6) is -1.78. The third-order valence-corrected chi connectivity index (χ3v) is 3.32. The average molecular weight is 310 g/mol. The molecule has 2 rings (SSSR count). The molecule has 2 aromatic rings. The van der Waals surface area contributed by atoms with Crippen LogP contribution in [0.4, 0.5) is 10.1 Å². The second-order valence-corrected chi connectivity index (χ2v) is 4.79. The van der Waals surface area contributed by atoms with Crippen LogP contribution in [0, 0.1) is 5.82 Å². The van der Waals surface area contributed by atoms with Crippen molar-refractivity contribution in [2.24, 2.45) is 0 Å². The Kier molecular flexibility index (Phi) is 4.33. The third-order valence-electron chi connectivity index (χ3n) is 2.96. The van der Waals surface area contributed by atoms with Gasteiger partial charge in [0.1, 0.15) is 11.6 Å². The van der Waals surface area contributed by atoms with Crippen molar-refractivity contribution in [1.82, 2.24) is 0 Å². The second kappa shape index (κ2) is 6.01. The van der Waals surface area contributed by atoms with Crippen molar-refractivity contribution < 1.29 is 19.0 Å². The highest BCUT2D eigenvalue weighted by atomic mass is 35.5. The lowest BCUT2D eigenvalue weighted by molar-refractivity contribution is 0.0692. The summed E-state index contributed by atoms with van der Waals surface area (Å²) in [7, 11) is 0. The van der Waals surface area contributed by atoms with Crippen LogP contribution in [-0.4, -0.2) is 11.1 Å². The van der Waals surface area contributed by atoms with Gasteiger partial charge in [-0.15, -0.1) is 0 Å². The standard InChI is InChI=1S/C15H13ClFNO3/c1-2-8-5-9(3-4-11(8)16)21-14-7-12(17)10(15(19)20)6-13(14)18/h3-7H,2,18H2,1H3,(H,19,20). The molecule has 0 saturated heterocycles. The Balaban J connectivity index is 2.36. The van der Waals surface area contributed by atoms with Gasteiger partial charge in [-0.3, -0.25) is 0 Å². The van der Waals surface area contributed by atoms with Gasteiger partial charge in [0.05, 0.1) is 11.3 Å². The summed E-state index contributed by atoms with van der Waals surface area (Å²) in [5.41, 5.74) is 6.13. The normalized spacial score (nSPS) is 10.4. The van der Waals surface area contributed by atoms with E-state index in [0.29, 0.717) is 10.8 Å². The number of nitrogens with two attached hydrogens (primary N) is 1. The number of benzene rings is 2. The van der Waals surface area contributed by atoms with Crippen LogP contribution in [0.1, 0.15) is 22.8 Å². The lowest BCUT2D eigenvalue weighted by Crippen LogP contribution is -2.03. The van der Waals surface area contributed by atoms with Crippen molar-refractivity contribution in [3.63, 3.8) is 0 Å². The third kappa shape index (κ3) is 3.25. The maximum Gasteiger partial charge on any atom is 0.338 e. The molecule has 110 valence electrons. The van der Waals surface area contributed by atoms with E-state index in [1.54, 1.807) is 18.2 Å². The molecule has 0 spiro atoms. The first-order valence-electron chi connectivity index (χ1n) is 6.21. The van der Waals surface area contributed by atoms with Crippen molar-refractivity contribution >= 4 is 23.3 Å². The number of anilines is 1. The second-order valence-electron chi connectivity index (χ2n) is 4.38. The van der Waals surface area contributed by atoms with Gasteiger partial charge in [0.2, 0.25) is 0 Å². The fourth-order valence-electron chi connectivity index (χ4n) is 1.84. The Morgan fingerprint density at radius 3 is 2.71 bits per heavy atom. The van der Waals surface area contributed by atoms with Crippen LogP contribution in [-0.2, 0) is 6.42 Å². The van der Waals surface area contributed by atoms with Gasteiger partial charge < -0.3 is 15.6 Å². The monoisotopic (exact) mass is 309 g/mol. The molecule has 2 aromatic carbocycles. The fraction of sp³-hybridized carbons (Fsp3) is 0.133. The minimum atomic E-state index is -1.38. The minimum absolute atomic E-state index is 0.0433. The number of carboxylic acids is 1. The molecule has 0 heterocycles. The Labute approximate surface area is 125 Å². The van der Waals surface area contributed by atoms with Gasteiger partial charge in [-0.05, 0) is 36.2 Å². The maximum atomic E-state index is 13.7. The number of halogens is 2. The van der Waals surface area contributed by atoms with Crippen molar-refractivity contribution in [3.8, 4) is 11.5 Å². The number of rotatable bonds is 4. The molecule has 0 aliphatic carbocycles. The Morgan fingerprint density at radius 2 is 2.10 bits per heavy atom. The highest BCUT2D eigenvalue weighted by molar-refractivity contribution is 6.31. The van der Waals surface area contributed by atoms with Crippen LogP contribution in [0.15, 0.2) is 30.3 Å². The quantitative estimate of drug-likeness (QED) is 0.833. The van der Waals surface area contributed by atoms with E-state index in [1.807, 2.05) is 6.92 Å². The average Bonchev–Trinajstić information content (AvgIpc) is 2.44.